The first kappa shape index (κ1) is 15.1. The fourth-order valence-corrected chi connectivity index (χ4v) is 1.93. The number of benzene rings is 1. The molecular formula is C14H22FNO2. The van der Waals surface area contributed by atoms with Gasteiger partial charge in [-0.3, -0.25) is 0 Å². The molecule has 1 aromatic rings. The van der Waals surface area contributed by atoms with Crippen molar-refractivity contribution in [2.24, 2.45) is 0 Å². The number of hydrogen-bond acceptors (Lipinski definition) is 3. The molecule has 0 saturated heterocycles. The van der Waals surface area contributed by atoms with Crippen molar-refractivity contribution >= 4 is 0 Å². The maximum Gasteiger partial charge on any atom is 0.126 e. The first-order valence-corrected chi connectivity index (χ1v) is 6.38. The van der Waals surface area contributed by atoms with Crippen LogP contribution >= 0.6 is 0 Å². The van der Waals surface area contributed by atoms with Crippen LogP contribution in [0.3, 0.4) is 0 Å². The molecule has 2 atom stereocenters. The van der Waals surface area contributed by atoms with Crippen LogP contribution in [0, 0.1) is 12.7 Å². The molecule has 3 nitrogen and oxygen atoms in total. The summed E-state index contributed by atoms with van der Waals surface area (Å²) in [5, 5.41) is 22.2. The van der Waals surface area contributed by atoms with E-state index in [1.54, 1.807) is 19.1 Å². The summed E-state index contributed by atoms with van der Waals surface area (Å²) in [5.41, 5.74) is 1.26. The SMILES string of the molecule is CCC(NCCCO)C(O)c1ccc(F)c(C)c1. The zero-order valence-electron chi connectivity index (χ0n) is 11.0. The van der Waals surface area contributed by atoms with Gasteiger partial charge in [0, 0.05) is 12.6 Å². The van der Waals surface area contributed by atoms with E-state index in [9.17, 15) is 9.50 Å². The van der Waals surface area contributed by atoms with Gasteiger partial charge in [-0.2, -0.15) is 0 Å². The van der Waals surface area contributed by atoms with Gasteiger partial charge in [0.1, 0.15) is 5.82 Å². The van der Waals surface area contributed by atoms with E-state index < -0.39 is 6.10 Å². The van der Waals surface area contributed by atoms with Crippen LogP contribution < -0.4 is 5.32 Å². The Morgan fingerprint density at radius 3 is 2.67 bits per heavy atom. The average Bonchev–Trinajstić information content (AvgIpc) is 2.37. The Kier molecular flexibility index (Phi) is 6.25. The third kappa shape index (κ3) is 4.05. The highest BCUT2D eigenvalue weighted by molar-refractivity contribution is 5.26. The molecule has 102 valence electrons. The monoisotopic (exact) mass is 255 g/mol. The second-order valence-corrected chi connectivity index (χ2v) is 4.50. The lowest BCUT2D eigenvalue weighted by Crippen LogP contribution is -2.35. The molecule has 18 heavy (non-hydrogen) atoms. The summed E-state index contributed by atoms with van der Waals surface area (Å²) in [7, 11) is 0. The molecule has 0 saturated carbocycles. The van der Waals surface area contributed by atoms with Crippen molar-refractivity contribution in [3.63, 3.8) is 0 Å². The predicted molar refractivity (Wildman–Crippen MR) is 69.9 cm³/mol. The van der Waals surface area contributed by atoms with Gasteiger partial charge in [0.25, 0.3) is 0 Å². The summed E-state index contributed by atoms with van der Waals surface area (Å²) in [6.45, 7) is 4.46. The van der Waals surface area contributed by atoms with Gasteiger partial charge in [-0.15, -0.1) is 0 Å². The smallest absolute Gasteiger partial charge is 0.126 e. The number of aliphatic hydroxyl groups excluding tert-OH is 2. The number of halogens is 1. The van der Waals surface area contributed by atoms with E-state index in [-0.39, 0.29) is 18.5 Å². The van der Waals surface area contributed by atoms with Crippen molar-refractivity contribution in [1.29, 1.82) is 0 Å². The van der Waals surface area contributed by atoms with Crippen LogP contribution in [0.25, 0.3) is 0 Å². The van der Waals surface area contributed by atoms with Crippen molar-refractivity contribution in [2.45, 2.75) is 38.8 Å². The van der Waals surface area contributed by atoms with Gasteiger partial charge >= 0.3 is 0 Å². The highest BCUT2D eigenvalue weighted by Crippen LogP contribution is 2.21. The van der Waals surface area contributed by atoms with Crippen LogP contribution in [-0.2, 0) is 0 Å². The van der Waals surface area contributed by atoms with Crippen molar-refractivity contribution in [3.8, 4) is 0 Å². The molecule has 0 bridgehead atoms. The minimum atomic E-state index is -0.659. The number of hydrogen-bond donors (Lipinski definition) is 3. The minimum absolute atomic E-state index is 0.0820. The summed E-state index contributed by atoms with van der Waals surface area (Å²) in [4.78, 5) is 0. The number of rotatable bonds is 7. The Bertz CT molecular complexity index is 371. The van der Waals surface area contributed by atoms with Gasteiger partial charge < -0.3 is 15.5 Å². The van der Waals surface area contributed by atoms with Crippen LogP contribution in [0.15, 0.2) is 18.2 Å². The summed E-state index contributed by atoms with van der Waals surface area (Å²) in [6, 6.07) is 4.59. The number of aliphatic hydroxyl groups is 2. The van der Waals surface area contributed by atoms with Crippen LogP contribution in [-0.4, -0.2) is 29.4 Å². The fourth-order valence-electron chi connectivity index (χ4n) is 1.93. The third-order valence-electron chi connectivity index (χ3n) is 3.09. The molecule has 3 N–H and O–H groups in total. The van der Waals surface area contributed by atoms with Gasteiger partial charge in [-0.25, -0.2) is 4.39 Å². The lowest BCUT2D eigenvalue weighted by molar-refractivity contribution is 0.124. The summed E-state index contributed by atoms with van der Waals surface area (Å²) < 4.78 is 13.2. The van der Waals surface area contributed by atoms with E-state index in [1.165, 1.54) is 6.07 Å². The maximum absolute atomic E-state index is 13.2. The number of aryl methyl sites for hydroxylation is 1. The van der Waals surface area contributed by atoms with Crippen LogP contribution in [0.5, 0.6) is 0 Å². The zero-order valence-corrected chi connectivity index (χ0v) is 11.0. The van der Waals surface area contributed by atoms with Gasteiger partial charge in [-0.05, 0) is 43.5 Å². The first-order valence-electron chi connectivity index (χ1n) is 6.38. The van der Waals surface area contributed by atoms with E-state index in [0.29, 0.717) is 18.5 Å². The molecule has 0 spiro atoms. The predicted octanol–water partition coefficient (Wildman–Crippen LogP) is 1.92. The molecule has 0 aliphatic heterocycles. The molecule has 0 aliphatic carbocycles. The lowest BCUT2D eigenvalue weighted by Gasteiger charge is -2.23. The number of nitrogens with one attached hydrogen (secondary N) is 1. The molecule has 0 amide bonds. The topological polar surface area (TPSA) is 52.5 Å². The third-order valence-corrected chi connectivity index (χ3v) is 3.09. The minimum Gasteiger partial charge on any atom is -0.396 e. The van der Waals surface area contributed by atoms with E-state index in [4.69, 9.17) is 5.11 Å². The van der Waals surface area contributed by atoms with Crippen LogP contribution in [0.1, 0.15) is 37.0 Å². The van der Waals surface area contributed by atoms with Crippen molar-refractivity contribution in [1.82, 2.24) is 5.32 Å². The van der Waals surface area contributed by atoms with E-state index in [1.807, 2.05) is 6.92 Å². The Hall–Kier alpha value is -0.970. The van der Waals surface area contributed by atoms with Crippen molar-refractivity contribution < 1.29 is 14.6 Å². The standard InChI is InChI=1S/C14H22FNO2/c1-3-13(16-7-4-8-17)14(18)11-5-6-12(15)10(2)9-11/h5-6,9,13-14,16-18H,3-4,7-8H2,1-2H3. The van der Waals surface area contributed by atoms with Gasteiger partial charge in [0.2, 0.25) is 0 Å². The van der Waals surface area contributed by atoms with Crippen LogP contribution in [0.4, 0.5) is 4.39 Å². The molecular weight excluding hydrogens is 233 g/mol. The largest absolute Gasteiger partial charge is 0.396 e. The molecule has 0 aliphatic rings. The molecule has 4 heteroatoms. The van der Waals surface area contributed by atoms with E-state index in [0.717, 1.165) is 12.0 Å². The highest BCUT2D eigenvalue weighted by atomic mass is 19.1. The van der Waals surface area contributed by atoms with Crippen LogP contribution in [0.2, 0.25) is 0 Å². The Balaban J connectivity index is 2.69. The Morgan fingerprint density at radius 1 is 1.39 bits per heavy atom. The highest BCUT2D eigenvalue weighted by Gasteiger charge is 2.19. The molecule has 2 unspecified atom stereocenters. The second kappa shape index (κ2) is 7.46. The lowest BCUT2D eigenvalue weighted by atomic mass is 9.98. The molecule has 1 aromatic carbocycles. The Labute approximate surface area is 108 Å². The summed E-state index contributed by atoms with van der Waals surface area (Å²) >= 11 is 0. The Morgan fingerprint density at radius 2 is 2.11 bits per heavy atom. The molecule has 0 fully saturated rings. The van der Waals surface area contributed by atoms with E-state index in [2.05, 4.69) is 5.32 Å². The average molecular weight is 255 g/mol. The van der Waals surface area contributed by atoms with E-state index >= 15 is 0 Å². The maximum atomic E-state index is 13.2. The van der Waals surface area contributed by atoms with Crippen molar-refractivity contribution in [2.75, 3.05) is 13.2 Å². The van der Waals surface area contributed by atoms with Crippen molar-refractivity contribution in [3.05, 3.63) is 35.1 Å². The molecule has 0 radical (unpaired) electrons. The first-order chi connectivity index (χ1) is 8.60. The normalized spacial score (nSPS) is 14.5. The summed E-state index contributed by atoms with van der Waals surface area (Å²) in [6.07, 6.45) is 0.766. The zero-order chi connectivity index (χ0) is 13.5. The quantitative estimate of drug-likeness (QED) is 0.652. The van der Waals surface area contributed by atoms with Gasteiger partial charge in [0.05, 0.1) is 6.10 Å². The van der Waals surface area contributed by atoms with Gasteiger partial charge in [0.15, 0.2) is 0 Å². The molecule has 0 aromatic heterocycles. The molecule has 0 heterocycles. The van der Waals surface area contributed by atoms with Gasteiger partial charge in [-0.1, -0.05) is 19.1 Å². The summed E-state index contributed by atoms with van der Waals surface area (Å²) in [5.74, 6) is -0.257. The fraction of sp³-hybridized carbons (Fsp3) is 0.571. The molecule has 1 rings (SSSR count). The second-order valence-electron chi connectivity index (χ2n) is 4.50.